The Labute approximate surface area is 161 Å². The molecule has 12 heteroatoms. The van der Waals surface area contributed by atoms with Gasteiger partial charge in [0.15, 0.2) is 0 Å². The predicted octanol–water partition coefficient (Wildman–Crippen LogP) is -1.89. The molecule has 0 aromatic heterocycles. The Hall–Kier alpha value is -2.89. The third kappa shape index (κ3) is 8.66. The molecule has 1 aliphatic rings. The SMILES string of the molecule is NC(=O)NCCC[C@H](NC(=O)[C@H](CCC(=O)O)NC(=O)[C@@H]1CCCN1)C(=O)O. The van der Waals surface area contributed by atoms with Gasteiger partial charge in [0, 0.05) is 13.0 Å². The molecule has 1 saturated heterocycles. The number of urea groups is 1. The summed E-state index contributed by atoms with van der Waals surface area (Å²) in [5, 5.41) is 28.2. The van der Waals surface area contributed by atoms with E-state index in [-0.39, 0.29) is 32.2 Å². The molecule has 0 radical (unpaired) electrons. The molecular formula is C16H27N5O7. The fourth-order valence-electron chi connectivity index (χ4n) is 2.76. The molecular weight excluding hydrogens is 374 g/mol. The fourth-order valence-corrected chi connectivity index (χ4v) is 2.76. The van der Waals surface area contributed by atoms with Crippen molar-refractivity contribution < 1.29 is 34.2 Å². The monoisotopic (exact) mass is 401 g/mol. The van der Waals surface area contributed by atoms with E-state index in [4.69, 9.17) is 10.8 Å². The van der Waals surface area contributed by atoms with E-state index in [2.05, 4.69) is 21.3 Å². The molecule has 1 fully saturated rings. The van der Waals surface area contributed by atoms with Crippen molar-refractivity contribution in [3.63, 3.8) is 0 Å². The lowest BCUT2D eigenvalue weighted by Gasteiger charge is -2.22. The number of amides is 4. The molecule has 3 atom stereocenters. The molecule has 0 aliphatic carbocycles. The second-order valence-corrected chi connectivity index (χ2v) is 6.48. The number of aliphatic carboxylic acids is 2. The minimum atomic E-state index is -1.28. The summed E-state index contributed by atoms with van der Waals surface area (Å²) >= 11 is 0. The van der Waals surface area contributed by atoms with Gasteiger partial charge in [0.1, 0.15) is 12.1 Å². The first-order valence-electron chi connectivity index (χ1n) is 9.02. The van der Waals surface area contributed by atoms with E-state index in [0.29, 0.717) is 13.0 Å². The van der Waals surface area contributed by atoms with Crippen LogP contribution in [0.2, 0.25) is 0 Å². The van der Waals surface area contributed by atoms with Crippen LogP contribution in [0.1, 0.15) is 38.5 Å². The van der Waals surface area contributed by atoms with Crippen LogP contribution in [0.5, 0.6) is 0 Å². The number of carbonyl (C=O) groups is 5. The number of carboxylic acid groups (broad SMARTS) is 2. The number of nitrogens with two attached hydrogens (primary N) is 1. The molecule has 0 unspecified atom stereocenters. The summed E-state index contributed by atoms with van der Waals surface area (Å²) in [6.45, 7) is 0.812. The lowest BCUT2D eigenvalue weighted by atomic mass is 10.1. The number of nitrogens with one attached hydrogen (secondary N) is 4. The molecule has 0 saturated carbocycles. The number of rotatable bonds is 12. The van der Waals surface area contributed by atoms with E-state index in [1.165, 1.54) is 0 Å². The zero-order chi connectivity index (χ0) is 21.1. The van der Waals surface area contributed by atoms with Crippen molar-refractivity contribution >= 4 is 29.8 Å². The van der Waals surface area contributed by atoms with Crippen LogP contribution < -0.4 is 27.0 Å². The molecule has 1 aliphatic heterocycles. The summed E-state index contributed by atoms with van der Waals surface area (Å²) in [7, 11) is 0. The second-order valence-electron chi connectivity index (χ2n) is 6.48. The maximum atomic E-state index is 12.5. The maximum absolute atomic E-state index is 12.5. The number of hydrogen-bond donors (Lipinski definition) is 7. The van der Waals surface area contributed by atoms with Gasteiger partial charge in [0.2, 0.25) is 11.8 Å². The minimum absolute atomic E-state index is 0.0190. The second kappa shape index (κ2) is 11.7. The Kier molecular flexibility index (Phi) is 9.71. The molecule has 158 valence electrons. The largest absolute Gasteiger partial charge is 0.481 e. The van der Waals surface area contributed by atoms with Crippen molar-refractivity contribution in [3.8, 4) is 0 Å². The van der Waals surface area contributed by atoms with Crippen molar-refractivity contribution in [2.75, 3.05) is 13.1 Å². The van der Waals surface area contributed by atoms with Crippen LogP contribution >= 0.6 is 0 Å². The molecule has 8 N–H and O–H groups in total. The highest BCUT2D eigenvalue weighted by Gasteiger charge is 2.30. The maximum Gasteiger partial charge on any atom is 0.326 e. The van der Waals surface area contributed by atoms with Crippen LogP contribution in [0.4, 0.5) is 4.79 Å². The summed E-state index contributed by atoms with van der Waals surface area (Å²) in [5.74, 6) is -3.63. The van der Waals surface area contributed by atoms with E-state index < -0.39 is 47.9 Å². The number of hydrogen-bond acceptors (Lipinski definition) is 6. The lowest BCUT2D eigenvalue weighted by molar-refractivity contribution is -0.143. The van der Waals surface area contributed by atoms with Crippen molar-refractivity contribution in [2.24, 2.45) is 5.73 Å². The highest BCUT2D eigenvalue weighted by molar-refractivity contribution is 5.92. The highest BCUT2D eigenvalue weighted by Crippen LogP contribution is 2.07. The van der Waals surface area contributed by atoms with Gasteiger partial charge in [0.05, 0.1) is 6.04 Å². The van der Waals surface area contributed by atoms with E-state index in [1.54, 1.807) is 0 Å². The Morgan fingerprint density at radius 2 is 1.79 bits per heavy atom. The molecule has 0 spiro atoms. The topological polar surface area (TPSA) is 200 Å². The van der Waals surface area contributed by atoms with Gasteiger partial charge in [-0.25, -0.2) is 9.59 Å². The molecule has 4 amide bonds. The van der Waals surface area contributed by atoms with Crippen LogP contribution in [0.15, 0.2) is 0 Å². The molecule has 1 heterocycles. The van der Waals surface area contributed by atoms with E-state index in [9.17, 15) is 29.1 Å². The summed E-state index contributed by atoms with van der Waals surface area (Å²) < 4.78 is 0. The average molecular weight is 401 g/mol. The third-order valence-corrected chi connectivity index (χ3v) is 4.24. The van der Waals surface area contributed by atoms with E-state index >= 15 is 0 Å². The zero-order valence-electron chi connectivity index (χ0n) is 15.4. The minimum Gasteiger partial charge on any atom is -0.481 e. The van der Waals surface area contributed by atoms with Crippen LogP contribution in [-0.2, 0) is 19.2 Å². The standard InChI is InChI=1S/C16H27N5O7/c17-16(28)19-8-2-4-11(15(26)27)21-14(25)10(5-6-12(22)23)20-13(24)9-3-1-7-18-9/h9-11,18H,1-8H2,(H,20,24)(H,21,25)(H,22,23)(H,26,27)(H3,17,19,28)/t9-,10-,11-/m0/s1. The van der Waals surface area contributed by atoms with Gasteiger partial charge in [-0.05, 0) is 38.6 Å². The van der Waals surface area contributed by atoms with Crippen LogP contribution in [0.3, 0.4) is 0 Å². The van der Waals surface area contributed by atoms with Crippen LogP contribution in [-0.4, -0.2) is 71.2 Å². The lowest BCUT2D eigenvalue weighted by Crippen LogP contribution is -2.54. The van der Waals surface area contributed by atoms with Gasteiger partial charge in [-0.3, -0.25) is 14.4 Å². The Balaban J connectivity index is 2.66. The van der Waals surface area contributed by atoms with Gasteiger partial charge < -0.3 is 37.2 Å². The first-order valence-corrected chi connectivity index (χ1v) is 9.02. The smallest absolute Gasteiger partial charge is 0.326 e. The highest BCUT2D eigenvalue weighted by atomic mass is 16.4. The summed E-state index contributed by atoms with van der Waals surface area (Å²) in [6, 6.07) is -3.63. The van der Waals surface area contributed by atoms with E-state index in [1.807, 2.05) is 0 Å². The number of carboxylic acids is 2. The van der Waals surface area contributed by atoms with Gasteiger partial charge in [-0.1, -0.05) is 0 Å². The van der Waals surface area contributed by atoms with Crippen LogP contribution in [0.25, 0.3) is 0 Å². The van der Waals surface area contributed by atoms with Gasteiger partial charge in [-0.2, -0.15) is 0 Å². The van der Waals surface area contributed by atoms with Crippen molar-refractivity contribution in [3.05, 3.63) is 0 Å². The number of carbonyl (C=O) groups excluding carboxylic acids is 3. The first kappa shape index (κ1) is 23.1. The molecule has 28 heavy (non-hydrogen) atoms. The van der Waals surface area contributed by atoms with Crippen molar-refractivity contribution in [2.45, 2.75) is 56.7 Å². The number of primary amides is 1. The quantitative estimate of drug-likeness (QED) is 0.184. The van der Waals surface area contributed by atoms with Crippen molar-refractivity contribution in [1.82, 2.24) is 21.3 Å². The Morgan fingerprint density at radius 3 is 2.32 bits per heavy atom. The molecule has 0 bridgehead atoms. The Bertz CT molecular complexity index is 592. The van der Waals surface area contributed by atoms with Crippen LogP contribution in [0, 0.1) is 0 Å². The molecule has 0 aromatic rings. The predicted molar refractivity (Wildman–Crippen MR) is 96.2 cm³/mol. The first-order chi connectivity index (χ1) is 13.2. The van der Waals surface area contributed by atoms with Gasteiger partial charge in [-0.15, -0.1) is 0 Å². The average Bonchev–Trinajstić information content (AvgIpc) is 3.14. The normalized spacial score (nSPS) is 17.9. The summed E-state index contributed by atoms with van der Waals surface area (Å²) in [5.41, 5.74) is 4.92. The van der Waals surface area contributed by atoms with Gasteiger partial charge >= 0.3 is 18.0 Å². The Morgan fingerprint density at radius 1 is 1.07 bits per heavy atom. The van der Waals surface area contributed by atoms with Gasteiger partial charge in [0.25, 0.3) is 0 Å². The van der Waals surface area contributed by atoms with Crippen molar-refractivity contribution in [1.29, 1.82) is 0 Å². The zero-order valence-corrected chi connectivity index (χ0v) is 15.4. The fraction of sp³-hybridized carbons (Fsp3) is 0.688. The molecule has 0 aromatic carbocycles. The summed E-state index contributed by atoms with van der Waals surface area (Å²) in [6.07, 6.45) is 1.14. The molecule has 12 nitrogen and oxygen atoms in total. The summed E-state index contributed by atoms with van der Waals surface area (Å²) in [4.78, 5) is 57.5. The van der Waals surface area contributed by atoms with E-state index in [0.717, 1.165) is 6.42 Å². The molecule has 1 rings (SSSR count). The third-order valence-electron chi connectivity index (χ3n) is 4.24.